The Labute approximate surface area is 130 Å². The smallest absolute Gasteiger partial charge is 0.246 e. The van der Waals surface area contributed by atoms with E-state index in [-0.39, 0.29) is 12.5 Å². The summed E-state index contributed by atoms with van der Waals surface area (Å²) in [5.74, 6) is 0.345. The molecule has 0 saturated heterocycles. The van der Waals surface area contributed by atoms with E-state index in [1.54, 1.807) is 23.1 Å². The maximum absolute atomic E-state index is 12.4. The van der Waals surface area contributed by atoms with E-state index >= 15 is 0 Å². The fourth-order valence-corrected chi connectivity index (χ4v) is 2.15. The average molecular weight is 299 g/mol. The molecule has 22 heavy (non-hydrogen) atoms. The molecule has 2 aromatic rings. The lowest BCUT2D eigenvalue weighted by Crippen LogP contribution is -2.33. The SMILES string of the molecule is CC(C)=CC(=O)N(Cc1ccccc1)C[C@H](O)c1ccco1. The minimum Gasteiger partial charge on any atom is -0.467 e. The summed E-state index contributed by atoms with van der Waals surface area (Å²) in [5.41, 5.74) is 1.94. The van der Waals surface area contributed by atoms with Crippen molar-refractivity contribution in [3.05, 3.63) is 71.7 Å². The van der Waals surface area contributed by atoms with Crippen molar-refractivity contribution in [2.45, 2.75) is 26.5 Å². The van der Waals surface area contributed by atoms with E-state index in [4.69, 9.17) is 4.42 Å². The number of nitrogens with zero attached hydrogens (tertiary/aromatic N) is 1. The lowest BCUT2D eigenvalue weighted by molar-refractivity contribution is -0.128. The van der Waals surface area contributed by atoms with Crippen molar-refractivity contribution in [3.63, 3.8) is 0 Å². The van der Waals surface area contributed by atoms with Crippen LogP contribution in [-0.2, 0) is 11.3 Å². The van der Waals surface area contributed by atoms with Crippen LogP contribution in [0.5, 0.6) is 0 Å². The summed E-state index contributed by atoms with van der Waals surface area (Å²) in [6, 6.07) is 13.1. The van der Waals surface area contributed by atoms with Crippen molar-refractivity contribution in [2.24, 2.45) is 0 Å². The van der Waals surface area contributed by atoms with Crippen LogP contribution in [0.3, 0.4) is 0 Å². The zero-order valence-electron chi connectivity index (χ0n) is 12.9. The van der Waals surface area contributed by atoms with Crippen LogP contribution < -0.4 is 0 Å². The van der Waals surface area contributed by atoms with Gasteiger partial charge in [-0.15, -0.1) is 0 Å². The minimum atomic E-state index is -0.840. The monoisotopic (exact) mass is 299 g/mol. The summed E-state index contributed by atoms with van der Waals surface area (Å²) >= 11 is 0. The van der Waals surface area contributed by atoms with Crippen LogP contribution in [0.15, 0.2) is 64.8 Å². The molecule has 1 aromatic heterocycles. The fraction of sp³-hybridized carbons (Fsp3) is 0.278. The second-order valence-electron chi connectivity index (χ2n) is 5.46. The number of carbonyl (C=O) groups excluding carboxylic acids is 1. The van der Waals surface area contributed by atoms with E-state index < -0.39 is 6.10 Å². The first-order valence-corrected chi connectivity index (χ1v) is 7.25. The van der Waals surface area contributed by atoms with Gasteiger partial charge >= 0.3 is 0 Å². The van der Waals surface area contributed by atoms with Crippen LogP contribution in [0.4, 0.5) is 0 Å². The van der Waals surface area contributed by atoms with E-state index in [1.165, 1.54) is 6.26 Å². The lowest BCUT2D eigenvalue weighted by Gasteiger charge is -2.24. The average Bonchev–Trinajstić information content (AvgIpc) is 3.01. The van der Waals surface area contributed by atoms with Gasteiger partial charge in [-0.25, -0.2) is 0 Å². The Morgan fingerprint density at radius 2 is 1.95 bits per heavy atom. The molecule has 0 unspecified atom stereocenters. The summed E-state index contributed by atoms with van der Waals surface area (Å²) in [4.78, 5) is 14.0. The maximum Gasteiger partial charge on any atom is 0.246 e. The molecule has 0 saturated carbocycles. The Kier molecular flexibility index (Phi) is 5.55. The Bertz CT molecular complexity index is 613. The van der Waals surface area contributed by atoms with Gasteiger partial charge in [0.2, 0.25) is 5.91 Å². The van der Waals surface area contributed by atoms with Gasteiger partial charge in [-0.05, 0) is 31.5 Å². The Morgan fingerprint density at radius 1 is 1.23 bits per heavy atom. The Balaban J connectivity index is 2.14. The van der Waals surface area contributed by atoms with Crippen LogP contribution >= 0.6 is 0 Å². The molecule has 4 heteroatoms. The molecule has 0 radical (unpaired) electrons. The number of benzene rings is 1. The van der Waals surface area contributed by atoms with Gasteiger partial charge < -0.3 is 14.4 Å². The predicted molar refractivity (Wildman–Crippen MR) is 85.0 cm³/mol. The van der Waals surface area contributed by atoms with E-state index in [1.807, 2.05) is 44.2 Å². The number of furan rings is 1. The molecule has 0 fully saturated rings. The molecule has 1 aromatic carbocycles. The summed E-state index contributed by atoms with van der Waals surface area (Å²) in [5, 5.41) is 10.2. The molecule has 1 N–H and O–H groups in total. The summed E-state index contributed by atoms with van der Waals surface area (Å²) in [6.45, 7) is 4.38. The quantitative estimate of drug-likeness (QED) is 0.833. The number of rotatable bonds is 6. The second-order valence-corrected chi connectivity index (χ2v) is 5.46. The molecule has 4 nitrogen and oxygen atoms in total. The molecule has 1 amide bonds. The zero-order chi connectivity index (χ0) is 15.9. The molecule has 116 valence electrons. The first kappa shape index (κ1) is 16.0. The van der Waals surface area contributed by atoms with Crippen molar-refractivity contribution in [3.8, 4) is 0 Å². The first-order valence-electron chi connectivity index (χ1n) is 7.25. The highest BCUT2D eigenvalue weighted by Gasteiger charge is 2.19. The van der Waals surface area contributed by atoms with Gasteiger partial charge in [0.25, 0.3) is 0 Å². The van der Waals surface area contributed by atoms with Crippen molar-refractivity contribution < 1.29 is 14.3 Å². The summed E-state index contributed by atoms with van der Waals surface area (Å²) in [7, 11) is 0. The van der Waals surface area contributed by atoms with Crippen LogP contribution in [0, 0.1) is 0 Å². The molecule has 1 atom stereocenters. The van der Waals surface area contributed by atoms with Gasteiger partial charge in [0, 0.05) is 12.6 Å². The van der Waals surface area contributed by atoms with Gasteiger partial charge in [0.15, 0.2) is 0 Å². The first-order chi connectivity index (χ1) is 10.6. The molecule has 0 aliphatic carbocycles. The number of allylic oxidation sites excluding steroid dienone is 1. The standard InChI is InChI=1S/C18H21NO3/c1-14(2)11-18(21)19(12-15-7-4-3-5-8-15)13-16(20)17-9-6-10-22-17/h3-11,16,20H,12-13H2,1-2H3/t16-/m0/s1. The summed E-state index contributed by atoms with van der Waals surface area (Å²) in [6.07, 6.45) is 2.25. The number of hydrogen-bond donors (Lipinski definition) is 1. The highest BCUT2D eigenvalue weighted by molar-refractivity contribution is 5.88. The molecular weight excluding hydrogens is 278 g/mol. The van der Waals surface area contributed by atoms with Crippen molar-refractivity contribution in [2.75, 3.05) is 6.54 Å². The zero-order valence-corrected chi connectivity index (χ0v) is 12.9. The van der Waals surface area contributed by atoms with Crippen molar-refractivity contribution in [1.82, 2.24) is 4.90 Å². The van der Waals surface area contributed by atoms with Crippen LogP contribution in [-0.4, -0.2) is 22.5 Å². The number of amides is 1. The highest BCUT2D eigenvalue weighted by Crippen LogP contribution is 2.17. The van der Waals surface area contributed by atoms with Gasteiger partial charge in [0.05, 0.1) is 12.8 Å². The van der Waals surface area contributed by atoms with E-state index in [0.717, 1.165) is 11.1 Å². The highest BCUT2D eigenvalue weighted by atomic mass is 16.4. The molecule has 2 rings (SSSR count). The minimum absolute atomic E-state index is 0.116. The van der Waals surface area contributed by atoms with Crippen LogP contribution in [0.25, 0.3) is 0 Å². The number of aliphatic hydroxyl groups is 1. The maximum atomic E-state index is 12.4. The third-order valence-electron chi connectivity index (χ3n) is 3.21. The normalized spacial score (nSPS) is 11.8. The lowest BCUT2D eigenvalue weighted by atomic mass is 10.1. The van der Waals surface area contributed by atoms with E-state index in [0.29, 0.717) is 12.3 Å². The molecule has 0 aliphatic heterocycles. The third-order valence-corrected chi connectivity index (χ3v) is 3.21. The number of carbonyl (C=O) groups is 1. The molecular formula is C18H21NO3. The van der Waals surface area contributed by atoms with Gasteiger partial charge in [-0.1, -0.05) is 35.9 Å². The van der Waals surface area contributed by atoms with Gasteiger partial charge in [-0.3, -0.25) is 4.79 Å². The van der Waals surface area contributed by atoms with Crippen molar-refractivity contribution >= 4 is 5.91 Å². The second kappa shape index (κ2) is 7.61. The molecule has 1 heterocycles. The topological polar surface area (TPSA) is 53.7 Å². The van der Waals surface area contributed by atoms with Gasteiger partial charge in [0.1, 0.15) is 11.9 Å². The van der Waals surface area contributed by atoms with Crippen molar-refractivity contribution in [1.29, 1.82) is 0 Å². The predicted octanol–water partition coefficient (Wildman–Crippen LogP) is 3.31. The molecule has 0 bridgehead atoms. The molecule has 0 spiro atoms. The Morgan fingerprint density at radius 3 is 2.55 bits per heavy atom. The fourth-order valence-electron chi connectivity index (χ4n) is 2.15. The van der Waals surface area contributed by atoms with Crippen LogP contribution in [0.1, 0.15) is 31.3 Å². The third kappa shape index (κ3) is 4.60. The van der Waals surface area contributed by atoms with E-state index in [2.05, 4.69) is 0 Å². The number of aliphatic hydroxyl groups excluding tert-OH is 1. The summed E-state index contributed by atoms with van der Waals surface area (Å²) < 4.78 is 5.20. The van der Waals surface area contributed by atoms with Gasteiger partial charge in [-0.2, -0.15) is 0 Å². The van der Waals surface area contributed by atoms with E-state index in [9.17, 15) is 9.90 Å². The van der Waals surface area contributed by atoms with Crippen LogP contribution in [0.2, 0.25) is 0 Å². The number of hydrogen-bond acceptors (Lipinski definition) is 3. The Hall–Kier alpha value is -2.33. The molecule has 0 aliphatic rings. The largest absolute Gasteiger partial charge is 0.467 e.